The third kappa shape index (κ3) is 2.04. The van der Waals surface area contributed by atoms with Crippen LogP contribution < -0.4 is 0 Å². The predicted octanol–water partition coefficient (Wildman–Crippen LogP) is 2.11. The topological polar surface area (TPSA) is 20.2 Å². The van der Waals surface area contributed by atoms with E-state index < -0.39 is 8.07 Å². The lowest BCUT2D eigenvalue weighted by atomic mass is 10.5. The molecule has 0 radical (unpaired) electrons. The Morgan fingerprint density at radius 3 is 2.73 bits per heavy atom. The summed E-state index contributed by atoms with van der Waals surface area (Å²) < 4.78 is 0. The standard InChI is InChI=1S/C9H16OSi/c1-11(2,8-7-10)9-5-3-4-6-9/h3,5-6,10H,4,7-8H2,1-2H3. The molecule has 0 amide bonds. The number of aliphatic hydroxyl groups is 1. The maximum Gasteiger partial charge on any atom is 0.0824 e. The highest BCUT2D eigenvalue weighted by atomic mass is 28.3. The molecule has 0 unspecified atom stereocenters. The fourth-order valence-electron chi connectivity index (χ4n) is 1.38. The van der Waals surface area contributed by atoms with E-state index in [9.17, 15) is 0 Å². The highest BCUT2D eigenvalue weighted by molar-refractivity contribution is 6.85. The van der Waals surface area contributed by atoms with Gasteiger partial charge in [0.25, 0.3) is 0 Å². The smallest absolute Gasteiger partial charge is 0.0824 e. The van der Waals surface area contributed by atoms with Crippen molar-refractivity contribution >= 4 is 8.07 Å². The van der Waals surface area contributed by atoms with Crippen molar-refractivity contribution in [3.8, 4) is 0 Å². The summed E-state index contributed by atoms with van der Waals surface area (Å²) in [5.74, 6) is 0. The zero-order valence-electron chi connectivity index (χ0n) is 7.30. The molecule has 1 aliphatic carbocycles. The van der Waals surface area contributed by atoms with Gasteiger partial charge in [-0.15, -0.1) is 0 Å². The van der Waals surface area contributed by atoms with Crippen molar-refractivity contribution in [3.63, 3.8) is 0 Å². The normalized spacial score (nSPS) is 17.2. The summed E-state index contributed by atoms with van der Waals surface area (Å²) in [6.07, 6.45) is 7.81. The lowest BCUT2D eigenvalue weighted by molar-refractivity contribution is 0.316. The SMILES string of the molecule is C[Si](C)(CCO)C1=CCC=C1. The second-order valence-electron chi connectivity index (χ2n) is 3.66. The fraction of sp³-hybridized carbons (Fsp3) is 0.556. The first-order valence-electron chi connectivity index (χ1n) is 4.15. The Hall–Kier alpha value is -0.343. The van der Waals surface area contributed by atoms with E-state index in [-0.39, 0.29) is 0 Å². The van der Waals surface area contributed by atoms with Gasteiger partial charge in [0.15, 0.2) is 0 Å². The van der Waals surface area contributed by atoms with Crippen molar-refractivity contribution < 1.29 is 5.11 Å². The molecule has 0 spiro atoms. The minimum Gasteiger partial charge on any atom is -0.397 e. The first-order chi connectivity index (χ1) is 5.17. The molecule has 0 heterocycles. The maximum absolute atomic E-state index is 8.85. The van der Waals surface area contributed by atoms with Gasteiger partial charge in [-0.25, -0.2) is 0 Å². The second kappa shape index (κ2) is 3.37. The first kappa shape index (κ1) is 8.75. The number of rotatable bonds is 3. The monoisotopic (exact) mass is 168 g/mol. The van der Waals surface area contributed by atoms with Gasteiger partial charge in [0.1, 0.15) is 0 Å². The zero-order chi connectivity index (χ0) is 8.32. The summed E-state index contributed by atoms with van der Waals surface area (Å²) in [4.78, 5) is 0. The Labute approximate surface area is 69.4 Å². The van der Waals surface area contributed by atoms with E-state index in [1.807, 2.05) is 0 Å². The summed E-state index contributed by atoms with van der Waals surface area (Å²) in [6, 6.07) is 0.989. The fourth-order valence-corrected chi connectivity index (χ4v) is 3.47. The second-order valence-corrected chi connectivity index (χ2v) is 8.50. The number of allylic oxidation sites excluding steroid dienone is 4. The lowest BCUT2D eigenvalue weighted by Crippen LogP contribution is -2.28. The Kier molecular flexibility index (Phi) is 2.68. The molecule has 0 saturated carbocycles. The van der Waals surface area contributed by atoms with E-state index in [1.165, 1.54) is 5.20 Å². The summed E-state index contributed by atoms with van der Waals surface area (Å²) in [5, 5.41) is 10.4. The van der Waals surface area contributed by atoms with Crippen molar-refractivity contribution in [2.75, 3.05) is 6.61 Å². The van der Waals surface area contributed by atoms with Crippen LogP contribution in [0.5, 0.6) is 0 Å². The highest BCUT2D eigenvalue weighted by Gasteiger charge is 2.24. The summed E-state index contributed by atoms with van der Waals surface area (Å²) in [6.45, 7) is 4.96. The van der Waals surface area contributed by atoms with Crippen molar-refractivity contribution in [1.82, 2.24) is 0 Å². The summed E-state index contributed by atoms with van der Waals surface area (Å²) in [5.41, 5.74) is 0. The molecule has 2 heteroatoms. The number of aliphatic hydroxyl groups excluding tert-OH is 1. The van der Waals surface area contributed by atoms with Crippen molar-refractivity contribution in [2.24, 2.45) is 0 Å². The molecule has 1 aliphatic rings. The Morgan fingerprint density at radius 2 is 2.27 bits per heavy atom. The van der Waals surface area contributed by atoms with Gasteiger partial charge in [-0.2, -0.15) is 0 Å². The average Bonchev–Trinajstić information content (AvgIpc) is 2.37. The van der Waals surface area contributed by atoms with E-state index in [1.54, 1.807) is 0 Å². The average molecular weight is 168 g/mol. The first-order valence-corrected chi connectivity index (χ1v) is 7.35. The van der Waals surface area contributed by atoms with E-state index in [0.717, 1.165) is 12.5 Å². The van der Waals surface area contributed by atoms with Crippen LogP contribution in [0.1, 0.15) is 6.42 Å². The molecule has 0 saturated heterocycles. The van der Waals surface area contributed by atoms with E-state index in [0.29, 0.717) is 6.61 Å². The van der Waals surface area contributed by atoms with Gasteiger partial charge in [-0.3, -0.25) is 0 Å². The van der Waals surface area contributed by atoms with Gasteiger partial charge in [-0.05, 0) is 12.5 Å². The minimum absolute atomic E-state index is 0.338. The van der Waals surface area contributed by atoms with E-state index in [4.69, 9.17) is 5.11 Å². The molecule has 0 fully saturated rings. The summed E-state index contributed by atoms with van der Waals surface area (Å²) in [7, 11) is -1.25. The van der Waals surface area contributed by atoms with Crippen molar-refractivity contribution in [1.29, 1.82) is 0 Å². The molecular weight excluding hydrogens is 152 g/mol. The van der Waals surface area contributed by atoms with Gasteiger partial charge in [0.2, 0.25) is 0 Å². The molecule has 0 bridgehead atoms. The van der Waals surface area contributed by atoms with Crippen molar-refractivity contribution in [2.45, 2.75) is 25.6 Å². The Bertz CT molecular complexity index is 192. The van der Waals surface area contributed by atoms with Crippen molar-refractivity contribution in [3.05, 3.63) is 23.4 Å². The minimum atomic E-state index is -1.25. The molecular formula is C9H16OSi. The van der Waals surface area contributed by atoms with E-state index in [2.05, 4.69) is 31.3 Å². The van der Waals surface area contributed by atoms with Gasteiger partial charge in [-0.1, -0.05) is 36.5 Å². The van der Waals surface area contributed by atoms with Gasteiger partial charge in [0, 0.05) is 6.61 Å². The molecule has 0 aromatic rings. The molecule has 0 atom stereocenters. The third-order valence-corrected chi connectivity index (χ3v) is 5.70. The van der Waals surface area contributed by atoms with Crippen LogP contribution in [0.2, 0.25) is 19.1 Å². The molecule has 0 aromatic heterocycles. The van der Waals surface area contributed by atoms with Crippen LogP contribution in [0, 0.1) is 0 Å². The molecule has 1 rings (SSSR count). The summed E-state index contributed by atoms with van der Waals surface area (Å²) >= 11 is 0. The van der Waals surface area contributed by atoms with E-state index >= 15 is 0 Å². The molecule has 11 heavy (non-hydrogen) atoms. The number of hydrogen-bond donors (Lipinski definition) is 1. The predicted molar refractivity (Wildman–Crippen MR) is 51.2 cm³/mol. The molecule has 62 valence electrons. The van der Waals surface area contributed by atoms with Crippen LogP contribution in [-0.4, -0.2) is 19.8 Å². The Morgan fingerprint density at radius 1 is 1.55 bits per heavy atom. The van der Waals surface area contributed by atoms with Crippen LogP contribution in [0.3, 0.4) is 0 Å². The quantitative estimate of drug-likeness (QED) is 0.640. The Balaban J connectivity index is 2.63. The lowest BCUT2D eigenvalue weighted by Gasteiger charge is -2.21. The van der Waals surface area contributed by atoms with Crippen LogP contribution in [-0.2, 0) is 0 Å². The third-order valence-electron chi connectivity index (χ3n) is 2.29. The van der Waals surface area contributed by atoms with Gasteiger partial charge in [0.05, 0.1) is 8.07 Å². The molecule has 0 aromatic carbocycles. The van der Waals surface area contributed by atoms with Gasteiger partial charge >= 0.3 is 0 Å². The molecule has 1 nitrogen and oxygen atoms in total. The largest absolute Gasteiger partial charge is 0.397 e. The molecule has 1 N–H and O–H groups in total. The van der Waals surface area contributed by atoms with Crippen LogP contribution in [0.4, 0.5) is 0 Å². The number of hydrogen-bond acceptors (Lipinski definition) is 1. The van der Waals surface area contributed by atoms with Crippen LogP contribution >= 0.6 is 0 Å². The maximum atomic E-state index is 8.85. The van der Waals surface area contributed by atoms with Crippen LogP contribution in [0.15, 0.2) is 23.4 Å². The van der Waals surface area contributed by atoms with Gasteiger partial charge < -0.3 is 5.11 Å². The highest BCUT2D eigenvalue weighted by Crippen LogP contribution is 2.24. The van der Waals surface area contributed by atoms with Crippen LogP contribution in [0.25, 0.3) is 0 Å². The molecule has 0 aliphatic heterocycles. The zero-order valence-corrected chi connectivity index (χ0v) is 8.30.